The van der Waals surface area contributed by atoms with E-state index in [1.807, 2.05) is 37.3 Å². The second-order valence-corrected chi connectivity index (χ2v) is 9.47. The molecular weight excluding hydrogens is 411 g/mol. The molecule has 162 valence electrons. The van der Waals surface area contributed by atoms with Crippen LogP contribution >= 0.6 is 11.6 Å². The first-order chi connectivity index (χ1) is 14.8. The molecule has 0 aliphatic heterocycles. The van der Waals surface area contributed by atoms with Crippen LogP contribution in [-0.4, -0.2) is 10.9 Å². The number of amides is 1. The highest BCUT2D eigenvalue weighted by atomic mass is 35.5. The Morgan fingerprint density at radius 3 is 2.45 bits per heavy atom. The molecule has 2 atom stereocenters. The van der Waals surface area contributed by atoms with Crippen molar-refractivity contribution in [2.24, 2.45) is 17.1 Å². The number of hydrogen-bond acceptors (Lipinski definition) is 2. The van der Waals surface area contributed by atoms with Crippen LogP contribution in [0.25, 0.3) is 10.9 Å². The van der Waals surface area contributed by atoms with Gasteiger partial charge in [0.05, 0.1) is 10.9 Å². The first-order valence-corrected chi connectivity index (χ1v) is 11.3. The quantitative estimate of drug-likeness (QED) is 0.488. The zero-order chi connectivity index (χ0) is 22.2. The molecule has 2 N–H and O–H groups in total. The molecule has 1 aromatic heterocycles. The molecule has 1 amide bonds. The van der Waals surface area contributed by atoms with Crippen molar-refractivity contribution in [3.63, 3.8) is 0 Å². The number of aromatic nitrogens is 1. The molecule has 5 heteroatoms. The zero-order valence-corrected chi connectivity index (χ0v) is 18.7. The van der Waals surface area contributed by atoms with E-state index in [0.29, 0.717) is 10.9 Å². The number of halogens is 2. The molecule has 1 aliphatic rings. The molecule has 0 saturated heterocycles. The van der Waals surface area contributed by atoms with Gasteiger partial charge < -0.3 is 5.73 Å². The second kappa shape index (κ2) is 8.58. The fourth-order valence-corrected chi connectivity index (χ4v) is 5.49. The number of carbonyl (C=O) groups excluding carboxylic acids is 1. The van der Waals surface area contributed by atoms with Crippen LogP contribution in [0, 0.1) is 17.2 Å². The number of nitrogens with two attached hydrogens (primary N) is 1. The molecule has 0 radical (unpaired) electrons. The normalized spacial score (nSPS) is 22.1. The molecule has 1 saturated carbocycles. The van der Waals surface area contributed by atoms with Crippen molar-refractivity contribution in [3.05, 3.63) is 76.7 Å². The summed E-state index contributed by atoms with van der Waals surface area (Å²) in [5.74, 6) is 0.00584. The van der Waals surface area contributed by atoms with E-state index in [-0.39, 0.29) is 23.6 Å². The number of fused-ring (bicyclic) bond motifs is 1. The molecule has 2 aromatic carbocycles. The molecule has 1 heterocycles. The van der Waals surface area contributed by atoms with Crippen molar-refractivity contribution in [2.45, 2.75) is 51.4 Å². The van der Waals surface area contributed by atoms with Crippen molar-refractivity contribution in [1.29, 1.82) is 0 Å². The van der Waals surface area contributed by atoms with Gasteiger partial charge in [-0.15, -0.1) is 0 Å². The summed E-state index contributed by atoms with van der Waals surface area (Å²) in [6.45, 7) is 4.09. The second-order valence-electron chi connectivity index (χ2n) is 9.03. The summed E-state index contributed by atoms with van der Waals surface area (Å²) in [5, 5.41) is 1.57. The van der Waals surface area contributed by atoms with E-state index in [1.165, 1.54) is 6.07 Å². The van der Waals surface area contributed by atoms with Gasteiger partial charge in [0.2, 0.25) is 5.91 Å². The lowest BCUT2D eigenvalue weighted by Gasteiger charge is -2.43. The van der Waals surface area contributed by atoms with Gasteiger partial charge in [-0.05, 0) is 97.9 Å². The average molecular weight is 439 g/mol. The Morgan fingerprint density at radius 1 is 1.13 bits per heavy atom. The molecular formula is C26H28ClFN2O. The molecule has 31 heavy (non-hydrogen) atoms. The van der Waals surface area contributed by atoms with Crippen LogP contribution in [0.1, 0.15) is 62.5 Å². The van der Waals surface area contributed by atoms with Crippen molar-refractivity contribution >= 4 is 28.4 Å². The minimum Gasteiger partial charge on any atom is -0.369 e. The molecule has 1 unspecified atom stereocenters. The predicted molar refractivity (Wildman–Crippen MR) is 124 cm³/mol. The van der Waals surface area contributed by atoms with Crippen molar-refractivity contribution < 1.29 is 9.18 Å². The minimum absolute atomic E-state index is 0.0142. The third-order valence-electron chi connectivity index (χ3n) is 7.55. The number of hydrogen-bond donors (Lipinski definition) is 1. The largest absolute Gasteiger partial charge is 0.369 e. The minimum atomic E-state index is -0.648. The fourth-order valence-electron chi connectivity index (χ4n) is 5.37. The van der Waals surface area contributed by atoms with Crippen LogP contribution in [0.2, 0.25) is 5.02 Å². The van der Waals surface area contributed by atoms with Crippen LogP contribution in [0.15, 0.2) is 54.7 Å². The number of nitrogens with zero attached hydrogens (tertiary/aromatic N) is 1. The van der Waals surface area contributed by atoms with Crippen LogP contribution in [0.4, 0.5) is 4.39 Å². The summed E-state index contributed by atoms with van der Waals surface area (Å²) in [4.78, 5) is 17.1. The molecule has 3 nitrogen and oxygen atoms in total. The highest BCUT2D eigenvalue weighted by Crippen LogP contribution is 2.50. The van der Waals surface area contributed by atoms with Gasteiger partial charge in [0.1, 0.15) is 5.82 Å². The Labute approximate surface area is 187 Å². The first kappa shape index (κ1) is 21.8. The number of pyridine rings is 1. The van der Waals surface area contributed by atoms with Crippen LogP contribution in [0.5, 0.6) is 0 Å². The molecule has 4 rings (SSSR count). The summed E-state index contributed by atoms with van der Waals surface area (Å²) in [6.07, 6.45) is 5.49. The van der Waals surface area contributed by atoms with Gasteiger partial charge in [0.15, 0.2) is 0 Å². The molecule has 3 aromatic rings. The maximum atomic E-state index is 13.9. The Bertz CT molecular complexity index is 1090. The summed E-state index contributed by atoms with van der Waals surface area (Å²) < 4.78 is 13.9. The lowest BCUT2D eigenvalue weighted by molar-refractivity contribution is -0.132. The van der Waals surface area contributed by atoms with Crippen molar-refractivity contribution in [2.75, 3.05) is 0 Å². The highest BCUT2D eigenvalue weighted by molar-refractivity contribution is 6.30. The van der Waals surface area contributed by atoms with Crippen molar-refractivity contribution in [1.82, 2.24) is 4.98 Å². The fraction of sp³-hybridized carbons (Fsp3) is 0.385. The van der Waals surface area contributed by atoms with E-state index >= 15 is 0 Å². The molecule has 1 aliphatic carbocycles. The standard InChI is InChI=1S/C26H28ClFN2O/c1-16(17-5-9-20(27)10-6-17)26(2,25(29)31)19-7-3-18(4-8-19)22-13-14-30-24-12-11-21(28)15-23(22)24/h5-6,9-16,18-19H,3-4,7-8H2,1-2H3,(H2,29,31)/t16-,18?,19?,26?/m1/s1. The first-order valence-electron chi connectivity index (χ1n) is 10.9. The SMILES string of the molecule is C[C@H](c1ccc(Cl)cc1)C(C)(C(N)=O)C1CCC(c2ccnc3ccc(F)cc23)CC1. The van der Waals surface area contributed by atoms with E-state index in [9.17, 15) is 9.18 Å². The van der Waals surface area contributed by atoms with Gasteiger partial charge in [0, 0.05) is 16.6 Å². The maximum Gasteiger partial charge on any atom is 0.224 e. The third kappa shape index (κ3) is 4.06. The lowest BCUT2D eigenvalue weighted by atomic mass is 9.60. The van der Waals surface area contributed by atoms with Gasteiger partial charge in [-0.2, -0.15) is 0 Å². The van der Waals surface area contributed by atoms with Gasteiger partial charge in [-0.3, -0.25) is 9.78 Å². The van der Waals surface area contributed by atoms with Gasteiger partial charge >= 0.3 is 0 Å². The monoisotopic (exact) mass is 438 g/mol. The summed E-state index contributed by atoms with van der Waals surface area (Å²) in [6, 6.07) is 14.5. The number of carbonyl (C=O) groups is 1. The number of rotatable bonds is 5. The van der Waals surface area contributed by atoms with Crippen LogP contribution < -0.4 is 5.73 Å². The summed E-state index contributed by atoms with van der Waals surface area (Å²) in [7, 11) is 0. The predicted octanol–water partition coefficient (Wildman–Crippen LogP) is 6.60. The molecule has 1 fully saturated rings. The van der Waals surface area contributed by atoms with Gasteiger partial charge in [-0.1, -0.05) is 30.7 Å². The Balaban J connectivity index is 1.57. The summed E-state index contributed by atoms with van der Waals surface area (Å²) in [5.41, 5.74) is 8.38. The van der Waals surface area contributed by atoms with E-state index in [0.717, 1.165) is 47.7 Å². The van der Waals surface area contributed by atoms with Crippen LogP contribution in [0.3, 0.4) is 0 Å². The van der Waals surface area contributed by atoms with E-state index in [2.05, 4.69) is 11.9 Å². The zero-order valence-electron chi connectivity index (χ0n) is 17.9. The Hall–Kier alpha value is -2.46. The highest BCUT2D eigenvalue weighted by Gasteiger charge is 2.46. The average Bonchev–Trinajstić information content (AvgIpc) is 2.78. The smallest absolute Gasteiger partial charge is 0.224 e. The van der Waals surface area contributed by atoms with E-state index < -0.39 is 5.41 Å². The van der Waals surface area contributed by atoms with E-state index in [4.69, 9.17) is 17.3 Å². The Kier molecular flexibility index (Phi) is 6.02. The molecule has 0 bridgehead atoms. The third-order valence-corrected chi connectivity index (χ3v) is 7.80. The number of primary amides is 1. The number of benzene rings is 2. The lowest BCUT2D eigenvalue weighted by Crippen LogP contribution is -2.45. The van der Waals surface area contributed by atoms with Crippen molar-refractivity contribution in [3.8, 4) is 0 Å². The van der Waals surface area contributed by atoms with Crippen LogP contribution in [-0.2, 0) is 4.79 Å². The van der Waals surface area contributed by atoms with E-state index in [1.54, 1.807) is 18.3 Å². The Morgan fingerprint density at radius 2 is 1.81 bits per heavy atom. The topological polar surface area (TPSA) is 56.0 Å². The summed E-state index contributed by atoms with van der Waals surface area (Å²) >= 11 is 6.05. The maximum absolute atomic E-state index is 13.9. The molecule has 0 spiro atoms. The van der Waals surface area contributed by atoms with Gasteiger partial charge in [0.25, 0.3) is 0 Å². The van der Waals surface area contributed by atoms with Gasteiger partial charge in [-0.25, -0.2) is 4.39 Å².